The Hall–Kier alpha value is -3.48. The second kappa shape index (κ2) is 7.98. The van der Waals surface area contributed by atoms with Gasteiger partial charge in [-0.3, -0.25) is 19.5 Å². The Bertz CT molecular complexity index is 1100. The van der Waals surface area contributed by atoms with Crippen molar-refractivity contribution < 1.29 is 14.0 Å². The quantitative estimate of drug-likeness (QED) is 0.630. The zero-order valence-corrected chi connectivity index (χ0v) is 17.0. The number of hydrogen-bond acceptors (Lipinski definition) is 3. The molecule has 158 valence electrons. The van der Waals surface area contributed by atoms with E-state index in [0.717, 1.165) is 36.9 Å². The third-order valence-electron chi connectivity index (χ3n) is 5.64. The molecule has 2 aliphatic carbocycles. The Labute approximate surface area is 179 Å². The molecule has 3 aromatic rings. The molecule has 1 heterocycles. The third-order valence-corrected chi connectivity index (χ3v) is 5.64. The minimum absolute atomic E-state index is 0.0352. The van der Waals surface area contributed by atoms with Crippen LogP contribution < -0.4 is 5.32 Å². The van der Waals surface area contributed by atoms with Crippen LogP contribution in [0.15, 0.2) is 60.8 Å². The molecule has 2 fully saturated rings. The molecule has 0 bridgehead atoms. The highest BCUT2D eigenvalue weighted by molar-refractivity contribution is 5.94. The Morgan fingerprint density at radius 2 is 1.74 bits per heavy atom. The van der Waals surface area contributed by atoms with Gasteiger partial charge in [0.15, 0.2) is 0 Å². The van der Waals surface area contributed by atoms with Crippen LogP contribution in [-0.4, -0.2) is 38.9 Å². The molecule has 31 heavy (non-hydrogen) atoms. The van der Waals surface area contributed by atoms with Gasteiger partial charge in [0.05, 0.1) is 5.69 Å². The molecule has 2 aromatic carbocycles. The molecule has 1 aromatic heterocycles. The van der Waals surface area contributed by atoms with Crippen molar-refractivity contribution in [3.05, 3.63) is 66.6 Å². The normalized spacial score (nSPS) is 15.5. The standard InChI is InChI=1S/C24H23FN4O2/c25-18-10-8-16(9-11-18)21-14-29(19-4-2-1-3-5-19)24(26-21)27-22(30)15-28(20-12-13-20)23(31)17-6-7-17/h1-5,8-11,14,17,20H,6-7,12-13,15H2,(H,26,27,30). The van der Waals surface area contributed by atoms with Crippen LogP contribution in [0.4, 0.5) is 10.3 Å². The van der Waals surface area contributed by atoms with Crippen LogP contribution in [-0.2, 0) is 9.59 Å². The van der Waals surface area contributed by atoms with Gasteiger partial charge in [0.2, 0.25) is 17.8 Å². The summed E-state index contributed by atoms with van der Waals surface area (Å²) in [6.07, 6.45) is 5.57. The summed E-state index contributed by atoms with van der Waals surface area (Å²) in [6.45, 7) is 0.0352. The highest BCUT2D eigenvalue weighted by atomic mass is 19.1. The first kappa shape index (κ1) is 19.5. The van der Waals surface area contributed by atoms with Crippen molar-refractivity contribution >= 4 is 17.8 Å². The van der Waals surface area contributed by atoms with E-state index in [2.05, 4.69) is 10.3 Å². The minimum atomic E-state index is -0.319. The smallest absolute Gasteiger partial charge is 0.246 e. The SMILES string of the molecule is O=C(CN(C(=O)C1CC1)C1CC1)Nc1nc(-c2ccc(F)cc2)cn1-c1ccccc1. The van der Waals surface area contributed by atoms with Gasteiger partial charge in [0.25, 0.3) is 0 Å². The Kier molecular flexibility index (Phi) is 5.02. The number of nitrogens with one attached hydrogen (secondary N) is 1. The number of rotatable bonds is 7. The molecule has 0 radical (unpaired) electrons. The lowest BCUT2D eigenvalue weighted by atomic mass is 10.2. The van der Waals surface area contributed by atoms with E-state index in [-0.39, 0.29) is 36.1 Å². The topological polar surface area (TPSA) is 67.2 Å². The average Bonchev–Trinajstić information content (AvgIpc) is 3.70. The van der Waals surface area contributed by atoms with Crippen LogP contribution in [0.2, 0.25) is 0 Å². The van der Waals surface area contributed by atoms with Crippen molar-refractivity contribution in [3.63, 3.8) is 0 Å². The first-order chi connectivity index (χ1) is 15.1. The van der Waals surface area contributed by atoms with Crippen LogP contribution in [0.5, 0.6) is 0 Å². The molecule has 0 unspecified atom stereocenters. The van der Waals surface area contributed by atoms with E-state index >= 15 is 0 Å². The van der Waals surface area contributed by atoms with Crippen molar-refractivity contribution in [2.45, 2.75) is 31.7 Å². The molecular formula is C24H23FN4O2. The minimum Gasteiger partial charge on any atom is -0.330 e. The summed E-state index contributed by atoms with van der Waals surface area (Å²) in [5.41, 5.74) is 2.20. The van der Waals surface area contributed by atoms with E-state index in [1.54, 1.807) is 21.6 Å². The fourth-order valence-corrected chi connectivity index (χ4v) is 3.67. The zero-order chi connectivity index (χ0) is 21.4. The number of aromatic nitrogens is 2. The van der Waals surface area contributed by atoms with E-state index in [1.807, 2.05) is 36.5 Å². The van der Waals surface area contributed by atoms with E-state index in [9.17, 15) is 14.0 Å². The summed E-state index contributed by atoms with van der Waals surface area (Å²) >= 11 is 0. The Morgan fingerprint density at radius 3 is 2.39 bits per heavy atom. The summed E-state index contributed by atoms with van der Waals surface area (Å²) in [7, 11) is 0. The number of carbonyl (C=O) groups is 2. The molecular weight excluding hydrogens is 395 g/mol. The second-order valence-corrected chi connectivity index (χ2v) is 8.18. The summed E-state index contributed by atoms with van der Waals surface area (Å²) < 4.78 is 15.1. The van der Waals surface area contributed by atoms with Gasteiger partial charge in [0.1, 0.15) is 12.4 Å². The highest BCUT2D eigenvalue weighted by Gasteiger charge is 2.40. The van der Waals surface area contributed by atoms with Crippen molar-refractivity contribution in [3.8, 4) is 16.9 Å². The Morgan fingerprint density at radius 1 is 1.03 bits per heavy atom. The zero-order valence-electron chi connectivity index (χ0n) is 17.0. The summed E-state index contributed by atoms with van der Waals surface area (Å²) in [4.78, 5) is 31.8. The van der Waals surface area contributed by atoms with Gasteiger partial charge >= 0.3 is 0 Å². The summed E-state index contributed by atoms with van der Waals surface area (Å²) in [6, 6.07) is 15.8. The maximum Gasteiger partial charge on any atom is 0.246 e. The van der Waals surface area contributed by atoms with E-state index < -0.39 is 0 Å². The maximum absolute atomic E-state index is 13.3. The molecule has 2 aliphatic rings. The summed E-state index contributed by atoms with van der Waals surface area (Å²) in [5, 5.41) is 2.88. The first-order valence-corrected chi connectivity index (χ1v) is 10.6. The molecule has 2 amide bonds. The van der Waals surface area contributed by atoms with Gasteiger partial charge in [-0.15, -0.1) is 0 Å². The number of carbonyl (C=O) groups excluding carboxylic acids is 2. The number of nitrogens with zero attached hydrogens (tertiary/aromatic N) is 3. The van der Waals surface area contributed by atoms with Crippen LogP contribution in [0, 0.1) is 11.7 Å². The van der Waals surface area contributed by atoms with E-state index in [1.165, 1.54) is 12.1 Å². The number of para-hydroxylation sites is 1. The van der Waals surface area contributed by atoms with Crippen molar-refractivity contribution in [2.24, 2.45) is 5.92 Å². The number of imidazole rings is 1. The van der Waals surface area contributed by atoms with Gasteiger partial charge in [-0.2, -0.15) is 0 Å². The fraction of sp³-hybridized carbons (Fsp3) is 0.292. The molecule has 6 nitrogen and oxygen atoms in total. The largest absolute Gasteiger partial charge is 0.330 e. The lowest BCUT2D eigenvalue weighted by molar-refractivity contribution is -0.136. The molecule has 0 aliphatic heterocycles. The first-order valence-electron chi connectivity index (χ1n) is 10.6. The molecule has 0 saturated heterocycles. The lowest BCUT2D eigenvalue weighted by Gasteiger charge is -2.21. The predicted molar refractivity (Wildman–Crippen MR) is 115 cm³/mol. The molecule has 5 rings (SSSR count). The second-order valence-electron chi connectivity index (χ2n) is 8.18. The van der Waals surface area contributed by atoms with Crippen LogP contribution in [0.1, 0.15) is 25.7 Å². The third kappa shape index (κ3) is 4.35. The summed E-state index contributed by atoms with van der Waals surface area (Å²) in [5.74, 6) is -0.0411. The number of anilines is 1. The van der Waals surface area contributed by atoms with Crippen LogP contribution in [0.3, 0.4) is 0 Å². The molecule has 1 N–H and O–H groups in total. The fourth-order valence-electron chi connectivity index (χ4n) is 3.67. The average molecular weight is 418 g/mol. The molecule has 0 atom stereocenters. The molecule has 7 heteroatoms. The highest BCUT2D eigenvalue weighted by Crippen LogP contribution is 2.36. The van der Waals surface area contributed by atoms with E-state index in [4.69, 9.17) is 0 Å². The number of hydrogen-bond donors (Lipinski definition) is 1. The van der Waals surface area contributed by atoms with E-state index in [0.29, 0.717) is 11.6 Å². The van der Waals surface area contributed by atoms with Gasteiger partial charge in [-0.1, -0.05) is 18.2 Å². The van der Waals surface area contributed by atoms with Gasteiger partial charge < -0.3 is 4.90 Å². The monoisotopic (exact) mass is 418 g/mol. The van der Waals surface area contributed by atoms with Crippen molar-refractivity contribution in [2.75, 3.05) is 11.9 Å². The van der Waals surface area contributed by atoms with Gasteiger partial charge in [0, 0.05) is 29.4 Å². The molecule has 0 spiro atoms. The maximum atomic E-state index is 13.3. The molecule has 2 saturated carbocycles. The van der Waals surface area contributed by atoms with Gasteiger partial charge in [-0.25, -0.2) is 9.37 Å². The number of halogens is 1. The van der Waals surface area contributed by atoms with Crippen molar-refractivity contribution in [1.29, 1.82) is 0 Å². The number of benzene rings is 2. The predicted octanol–water partition coefficient (Wildman–Crippen LogP) is 4.02. The number of amides is 2. The van der Waals surface area contributed by atoms with Gasteiger partial charge in [-0.05, 0) is 62.1 Å². The van der Waals surface area contributed by atoms with Crippen LogP contribution >= 0.6 is 0 Å². The Balaban J connectivity index is 1.41. The van der Waals surface area contributed by atoms with Crippen molar-refractivity contribution in [1.82, 2.24) is 14.5 Å². The lowest BCUT2D eigenvalue weighted by Crippen LogP contribution is -2.40. The van der Waals surface area contributed by atoms with Crippen LogP contribution in [0.25, 0.3) is 16.9 Å².